The van der Waals surface area contributed by atoms with Crippen LogP contribution in [0.15, 0.2) is 24.3 Å². The molecule has 0 spiro atoms. The van der Waals surface area contributed by atoms with E-state index in [0.717, 1.165) is 24.4 Å². The first-order valence-corrected chi connectivity index (χ1v) is 8.22. The van der Waals surface area contributed by atoms with Crippen molar-refractivity contribution in [3.8, 4) is 0 Å². The molecule has 0 saturated carbocycles. The average molecular weight is 333 g/mol. The summed E-state index contributed by atoms with van der Waals surface area (Å²) in [4.78, 5) is 27.2. The first-order valence-electron chi connectivity index (χ1n) is 7.45. The number of halogens is 1. The van der Waals surface area contributed by atoms with Gasteiger partial charge in [-0.1, -0.05) is 4.49 Å². The molecule has 5 nitrogen and oxygen atoms in total. The van der Waals surface area contributed by atoms with Gasteiger partial charge in [0.15, 0.2) is 5.78 Å². The Bertz CT molecular complexity index is 729. The third-order valence-corrected chi connectivity index (χ3v) is 4.89. The Morgan fingerprint density at radius 2 is 2.09 bits per heavy atom. The fourth-order valence-corrected chi connectivity index (χ4v) is 3.45. The lowest BCUT2D eigenvalue weighted by Crippen LogP contribution is -2.36. The summed E-state index contributed by atoms with van der Waals surface area (Å²) in [6, 6.07) is 5.39. The number of aromatic nitrogens is 2. The van der Waals surface area contributed by atoms with Crippen molar-refractivity contribution in [3.63, 3.8) is 0 Å². The normalized spacial score (nSPS) is 17.5. The number of Topliss-reactive ketones (excluding diaryl/α,β-unsaturated/α-hetero) is 1. The van der Waals surface area contributed by atoms with Crippen molar-refractivity contribution in [2.75, 3.05) is 6.54 Å². The Hall–Kier alpha value is -2.15. The van der Waals surface area contributed by atoms with E-state index < -0.39 is 0 Å². The van der Waals surface area contributed by atoms with Crippen LogP contribution in [0.4, 0.5) is 4.39 Å². The number of ketones is 1. The maximum absolute atomic E-state index is 12.9. The Morgan fingerprint density at radius 1 is 1.35 bits per heavy atom. The van der Waals surface area contributed by atoms with Crippen molar-refractivity contribution < 1.29 is 14.0 Å². The average Bonchev–Trinajstić information content (AvgIpc) is 3.16. The molecule has 0 bridgehead atoms. The second-order valence-corrected chi connectivity index (χ2v) is 6.37. The predicted octanol–water partition coefficient (Wildman–Crippen LogP) is 2.86. The van der Waals surface area contributed by atoms with Crippen LogP contribution in [0.1, 0.15) is 45.0 Å². The molecule has 1 aliphatic rings. The molecule has 1 saturated heterocycles. The van der Waals surface area contributed by atoms with Crippen molar-refractivity contribution in [1.82, 2.24) is 14.5 Å². The molecule has 1 atom stereocenters. The van der Waals surface area contributed by atoms with Crippen LogP contribution in [0.25, 0.3) is 0 Å². The summed E-state index contributed by atoms with van der Waals surface area (Å²) in [5.41, 5.74) is 1.09. The van der Waals surface area contributed by atoms with Gasteiger partial charge in [0.2, 0.25) is 0 Å². The highest BCUT2D eigenvalue weighted by atomic mass is 32.1. The summed E-state index contributed by atoms with van der Waals surface area (Å²) < 4.78 is 16.7. The maximum Gasteiger partial charge on any atom is 0.267 e. The van der Waals surface area contributed by atoms with Gasteiger partial charge >= 0.3 is 0 Å². The second kappa shape index (κ2) is 6.54. The van der Waals surface area contributed by atoms with Crippen LogP contribution in [0.2, 0.25) is 0 Å². The van der Waals surface area contributed by atoms with Crippen LogP contribution < -0.4 is 0 Å². The molecule has 1 aromatic heterocycles. The monoisotopic (exact) mass is 333 g/mol. The van der Waals surface area contributed by atoms with Crippen LogP contribution in [-0.4, -0.2) is 38.8 Å². The number of aryl methyl sites for hydroxylation is 1. The smallest absolute Gasteiger partial charge is 0.267 e. The van der Waals surface area contributed by atoms with E-state index in [1.807, 2.05) is 0 Å². The van der Waals surface area contributed by atoms with E-state index in [0.29, 0.717) is 22.7 Å². The maximum atomic E-state index is 12.9. The lowest BCUT2D eigenvalue weighted by Gasteiger charge is -2.23. The minimum absolute atomic E-state index is 0.0751. The highest BCUT2D eigenvalue weighted by Crippen LogP contribution is 2.25. The lowest BCUT2D eigenvalue weighted by atomic mass is 10.0. The number of likely N-dealkylation sites (tertiary alicyclic amines) is 1. The minimum Gasteiger partial charge on any atom is -0.334 e. The molecule has 3 rings (SSSR count). The highest BCUT2D eigenvalue weighted by molar-refractivity contribution is 7.07. The fraction of sp³-hybridized carbons (Fsp3) is 0.375. The number of hydrogen-bond acceptors (Lipinski definition) is 5. The van der Waals surface area contributed by atoms with Gasteiger partial charge in [-0.05, 0) is 55.6 Å². The number of hydrogen-bond donors (Lipinski definition) is 0. The molecular weight excluding hydrogens is 317 g/mol. The number of amides is 1. The van der Waals surface area contributed by atoms with Gasteiger partial charge in [0.1, 0.15) is 10.7 Å². The zero-order chi connectivity index (χ0) is 16.4. The van der Waals surface area contributed by atoms with Crippen LogP contribution in [0.3, 0.4) is 0 Å². The summed E-state index contributed by atoms with van der Waals surface area (Å²) in [6.07, 6.45) is 1.92. The van der Waals surface area contributed by atoms with E-state index in [1.165, 1.54) is 24.3 Å². The Labute approximate surface area is 137 Å². The molecule has 1 amide bonds. The molecule has 2 aromatic rings. The SMILES string of the molecule is Cc1nnsc1C(=O)N1CCC[C@H]1CC(=O)c1ccc(F)cc1. The van der Waals surface area contributed by atoms with Gasteiger partial charge in [-0.2, -0.15) is 0 Å². The number of nitrogens with zero attached hydrogens (tertiary/aromatic N) is 3. The van der Waals surface area contributed by atoms with Crippen LogP contribution in [-0.2, 0) is 0 Å². The molecule has 0 unspecified atom stereocenters. The van der Waals surface area contributed by atoms with E-state index >= 15 is 0 Å². The lowest BCUT2D eigenvalue weighted by molar-refractivity contribution is 0.0721. The van der Waals surface area contributed by atoms with E-state index in [-0.39, 0.29) is 30.0 Å². The molecule has 1 aromatic carbocycles. The van der Waals surface area contributed by atoms with Crippen molar-refractivity contribution in [3.05, 3.63) is 46.2 Å². The molecule has 120 valence electrons. The molecule has 1 aliphatic heterocycles. The molecule has 2 heterocycles. The summed E-state index contributed by atoms with van der Waals surface area (Å²) in [6.45, 7) is 2.39. The zero-order valence-electron chi connectivity index (χ0n) is 12.7. The van der Waals surface area contributed by atoms with Gasteiger partial charge in [0.05, 0.1) is 5.69 Å². The van der Waals surface area contributed by atoms with Crippen LogP contribution >= 0.6 is 11.5 Å². The largest absolute Gasteiger partial charge is 0.334 e. The quantitative estimate of drug-likeness (QED) is 0.807. The van der Waals surface area contributed by atoms with Crippen LogP contribution in [0.5, 0.6) is 0 Å². The first-order chi connectivity index (χ1) is 11.1. The predicted molar refractivity (Wildman–Crippen MR) is 84.1 cm³/mol. The zero-order valence-corrected chi connectivity index (χ0v) is 13.5. The third-order valence-electron chi connectivity index (χ3n) is 4.07. The number of rotatable bonds is 4. The van der Waals surface area contributed by atoms with Gasteiger partial charge < -0.3 is 4.90 Å². The molecule has 0 aliphatic carbocycles. The van der Waals surface area contributed by atoms with Crippen LogP contribution in [0, 0.1) is 12.7 Å². The van der Waals surface area contributed by atoms with E-state index in [2.05, 4.69) is 9.59 Å². The number of carbonyl (C=O) groups excluding carboxylic acids is 2. The van der Waals surface area contributed by atoms with Gasteiger partial charge in [-0.15, -0.1) is 5.10 Å². The Kier molecular flexibility index (Phi) is 4.47. The molecule has 0 radical (unpaired) electrons. The van der Waals surface area contributed by atoms with Crippen molar-refractivity contribution >= 4 is 23.2 Å². The van der Waals surface area contributed by atoms with Crippen molar-refractivity contribution in [2.45, 2.75) is 32.2 Å². The van der Waals surface area contributed by atoms with Crippen molar-refractivity contribution in [2.24, 2.45) is 0 Å². The molecule has 23 heavy (non-hydrogen) atoms. The summed E-state index contributed by atoms with van der Waals surface area (Å²) in [5.74, 6) is -0.548. The standard InChI is InChI=1S/C16H16FN3O2S/c1-10-15(23-19-18-10)16(22)20-8-2-3-13(20)9-14(21)11-4-6-12(17)7-5-11/h4-7,13H,2-3,8-9H2,1H3/t13-/m0/s1. The summed E-state index contributed by atoms with van der Waals surface area (Å²) >= 11 is 1.08. The van der Waals surface area contributed by atoms with E-state index in [9.17, 15) is 14.0 Å². The number of benzene rings is 1. The molecular formula is C16H16FN3O2S. The number of carbonyl (C=O) groups is 2. The molecule has 0 N–H and O–H groups in total. The third kappa shape index (κ3) is 3.29. The van der Waals surface area contributed by atoms with Gasteiger partial charge in [-0.25, -0.2) is 4.39 Å². The van der Waals surface area contributed by atoms with Crippen molar-refractivity contribution in [1.29, 1.82) is 0 Å². The molecule has 1 fully saturated rings. The topological polar surface area (TPSA) is 63.2 Å². The van der Waals surface area contributed by atoms with Gasteiger partial charge in [0, 0.05) is 24.6 Å². The fourth-order valence-electron chi connectivity index (χ4n) is 2.84. The van der Waals surface area contributed by atoms with Gasteiger partial charge in [-0.3, -0.25) is 9.59 Å². The highest BCUT2D eigenvalue weighted by Gasteiger charge is 2.32. The van der Waals surface area contributed by atoms with Gasteiger partial charge in [0.25, 0.3) is 5.91 Å². The summed E-state index contributed by atoms with van der Waals surface area (Å²) in [7, 11) is 0. The Morgan fingerprint density at radius 3 is 2.74 bits per heavy atom. The van der Waals surface area contributed by atoms with E-state index in [4.69, 9.17) is 0 Å². The Balaban J connectivity index is 1.72. The second-order valence-electron chi connectivity index (χ2n) is 5.62. The van der Waals surface area contributed by atoms with E-state index in [1.54, 1.807) is 11.8 Å². The summed E-state index contributed by atoms with van der Waals surface area (Å²) in [5, 5.41) is 3.87. The first kappa shape index (κ1) is 15.7. The minimum atomic E-state index is -0.368. The molecule has 7 heteroatoms.